The molecule has 1 atom stereocenters. The molecule has 84 valence electrons. The number of nitriles is 1. The van der Waals surface area contributed by atoms with Crippen LogP contribution in [0.4, 0.5) is 0 Å². The van der Waals surface area contributed by atoms with Gasteiger partial charge in [-0.25, -0.2) is 0 Å². The van der Waals surface area contributed by atoms with Crippen molar-refractivity contribution in [3.8, 4) is 6.07 Å². The average Bonchev–Trinajstić information content (AvgIpc) is 2.28. The summed E-state index contributed by atoms with van der Waals surface area (Å²) in [4.78, 5) is 12.0. The SMILES string of the molecule is CC(Br)CCNC(=O)c1ccc(C#N)cc1. The molecule has 1 unspecified atom stereocenters. The van der Waals surface area contributed by atoms with E-state index in [1.165, 1.54) is 0 Å². The van der Waals surface area contributed by atoms with Crippen LogP contribution in [-0.4, -0.2) is 17.3 Å². The summed E-state index contributed by atoms with van der Waals surface area (Å²) in [5.74, 6) is -0.0994. The van der Waals surface area contributed by atoms with Crippen LogP contribution in [0.3, 0.4) is 0 Å². The van der Waals surface area contributed by atoms with Crippen molar-refractivity contribution < 1.29 is 4.79 Å². The fourth-order valence-electron chi connectivity index (χ4n) is 1.18. The molecule has 3 nitrogen and oxygen atoms in total. The molecule has 0 saturated carbocycles. The van der Waals surface area contributed by atoms with Crippen LogP contribution in [0.15, 0.2) is 24.3 Å². The molecule has 0 radical (unpaired) electrons. The van der Waals surface area contributed by atoms with Gasteiger partial charge in [0.25, 0.3) is 5.91 Å². The van der Waals surface area contributed by atoms with Crippen LogP contribution in [0.2, 0.25) is 0 Å². The quantitative estimate of drug-likeness (QED) is 0.862. The van der Waals surface area contributed by atoms with E-state index in [-0.39, 0.29) is 5.91 Å². The van der Waals surface area contributed by atoms with E-state index < -0.39 is 0 Å². The number of halogens is 1. The van der Waals surface area contributed by atoms with Crippen molar-refractivity contribution in [2.24, 2.45) is 0 Å². The van der Waals surface area contributed by atoms with E-state index in [1.54, 1.807) is 24.3 Å². The maximum absolute atomic E-state index is 11.6. The van der Waals surface area contributed by atoms with Crippen molar-refractivity contribution in [2.45, 2.75) is 18.2 Å². The highest BCUT2D eigenvalue weighted by atomic mass is 79.9. The number of hydrogen-bond acceptors (Lipinski definition) is 2. The second-order valence-electron chi connectivity index (χ2n) is 3.51. The molecule has 0 fully saturated rings. The molecule has 1 aromatic carbocycles. The maximum Gasteiger partial charge on any atom is 0.251 e. The molecule has 1 N–H and O–H groups in total. The van der Waals surface area contributed by atoms with E-state index in [0.29, 0.717) is 22.5 Å². The summed E-state index contributed by atoms with van der Waals surface area (Å²) in [6.45, 7) is 2.68. The summed E-state index contributed by atoms with van der Waals surface area (Å²) in [5.41, 5.74) is 1.15. The number of amides is 1. The topological polar surface area (TPSA) is 52.9 Å². The molecule has 1 amide bonds. The third kappa shape index (κ3) is 4.03. The lowest BCUT2D eigenvalue weighted by Gasteiger charge is -2.06. The van der Waals surface area contributed by atoms with Crippen LogP contribution in [-0.2, 0) is 0 Å². The van der Waals surface area contributed by atoms with E-state index in [1.807, 2.05) is 13.0 Å². The van der Waals surface area contributed by atoms with Gasteiger partial charge >= 0.3 is 0 Å². The molecular weight excluding hydrogens is 268 g/mol. The van der Waals surface area contributed by atoms with Gasteiger partial charge in [-0.05, 0) is 30.7 Å². The van der Waals surface area contributed by atoms with Crippen LogP contribution in [0.25, 0.3) is 0 Å². The number of nitrogens with zero attached hydrogens (tertiary/aromatic N) is 1. The van der Waals surface area contributed by atoms with E-state index in [9.17, 15) is 4.79 Å². The summed E-state index contributed by atoms with van der Waals surface area (Å²) in [6, 6.07) is 8.61. The molecule has 0 aliphatic carbocycles. The lowest BCUT2D eigenvalue weighted by molar-refractivity contribution is 0.0953. The van der Waals surface area contributed by atoms with E-state index in [2.05, 4.69) is 21.2 Å². The molecule has 0 aliphatic heterocycles. The molecule has 0 aliphatic rings. The Balaban J connectivity index is 2.50. The zero-order valence-electron chi connectivity index (χ0n) is 9.03. The first-order chi connectivity index (χ1) is 7.63. The highest BCUT2D eigenvalue weighted by molar-refractivity contribution is 9.09. The lowest BCUT2D eigenvalue weighted by atomic mass is 10.1. The Labute approximate surface area is 104 Å². The van der Waals surface area contributed by atoms with Crippen molar-refractivity contribution in [3.63, 3.8) is 0 Å². The third-order valence-corrected chi connectivity index (χ3v) is 2.56. The van der Waals surface area contributed by atoms with Gasteiger partial charge in [0.05, 0.1) is 11.6 Å². The summed E-state index contributed by atoms with van der Waals surface area (Å²) < 4.78 is 0. The van der Waals surface area contributed by atoms with E-state index >= 15 is 0 Å². The number of hydrogen-bond donors (Lipinski definition) is 1. The summed E-state index contributed by atoms with van der Waals surface area (Å²) in [7, 11) is 0. The van der Waals surface area contributed by atoms with Gasteiger partial charge in [0.15, 0.2) is 0 Å². The van der Waals surface area contributed by atoms with Gasteiger partial charge in [0.2, 0.25) is 0 Å². The van der Waals surface area contributed by atoms with Crippen molar-refractivity contribution >= 4 is 21.8 Å². The van der Waals surface area contributed by atoms with Gasteiger partial charge in [0.1, 0.15) is 0 Å². The molecule has 4 heteroatoms. The Morgan fingerprint density at radius 2 is 2.12 bits per heavy atom. The second kappa shape index (κ2) is 6.29. The molecule has 1 aromatic rings. The molecule has 1 rings (SSSR count). The van der Waals surface area contributed by atoms with Crippen LogP contribution in [0, 0.1) is 11.3 Å². The first-order valence-electron chi connectivity index (χ1n) is 5.06. The van der Waals surface area contributed by atoms with Crippen LogP contribution in [0.5, 0.6) is 0 Å². The van der Waals surface area contributed by atoms with Gasteiger partial charge in [0, 0.05) is 16.9 Å². The Hall–Kier alpha value is -1.34. The zero-order chi connectivity index (χ0) is 12.0. The Morgan fingerprint density at radius 1 is 1.50 bits per heavy atom. The smallest absolute Gasteiger partial charge is 0.251 e. The van der Waals surface area contributed by atoms with Crippen molar-refractivity contribution in [1.82, 2.24) is 5.32 Å². The predicted octanol–water partition coefficient (Wildman–Crippen LogP) is 2.46. The molecule has 0 heterocycles. The minimum atomic E-state index is -0.0994. The van der Waals surface area contributed by atoms with E-state index in [0.717, 1.165) is 6.42 Å². The van der Waals surface area contributed by atoms with Crippen molar-refractivity contribution in [2.75, 3.05) is 6.54 Å². The highest BCUT2D eigenvalue weighted by Gasteiger charge is 2.05. The zero-order valence-corrected chi connectivity index (χ0v) is 10.6. The number of benzene rings is 1. The molecule has 0 spiro atoms. The Morgan fingerprint density at radius 3 is 2.62 bits per heavy atom. The first kappa shape index (κ1) is 12.7. The van der Waals surface area contributed by atoms with Gasteiger partial charge in [-0.1, -0.05) is 22.9 Å². The average molecular weight is 281 g/mol. The van der Waals surface area contributed by atoms with Crippen LogP contribution >= 0.6 is 15.9 Å². The number of carbonyl (C=O) groups is 1. The fraction of sp³-hybridized carbons (Fsp3) is 0.333. The Kier molecular flexibility index (Phi) is 5.00. The molecule has 0 saturated heterocycles. The second-order valence-corrected chi connectivity index (χ2v) is 5.08. The molecule has 0 bridgehead atoms. The van der Waals surface area contributed by atoms with Gasteiger partial charge in [-0.3, -0.25) is 4.79 Å². The normalized spacial score (nSPS) is 11.6. The summed E-state index contributed by atoms with van der Waals surface area (Å²) >= 11 is 3.41. The largest absolute Gasteiger partial charge is 0.352 e. The minimum absolute atomic E-state index is 0.0994. The number of nitrogens with one attached hydrogen (secondary N) is 1. The number of alkyl halides is 1. The molecular formula is C12H13BrN2O. The van der Waals surface area contributed by atoms with Gasteiger partial charge < -0.3 is 5.32 Å². The van der Waals surface area contributed by atoms with Crippen LogP contribution in [0.1, 0.15) is 29.3 Å². The molecule has 0 aromatic heterocycles. The third-order valence-electron chi connectivity index (χ3n) is 2.10. The van der Waals surface area contributed by atoms with Crippen molar-refractivity contribution in [3.05, 3.63) is 35.4 Å². The number of rotatable bonds is 4. The van der Waals surface area contributed by atoms with Gasteiger partial charge in [-0.2, -0.15) is 5.26 Å². The first-order valence-corrected chi connectivity index (χ1v) is 5.97. The van der Waals surface area contributed by atoms with Crippen molar-refractivity contribution in [1.29, 1.82) is 5.26 Å². The van der Waals surface area contributed by atoms with Gasteiger partial charge in [-0.15, -0.1) is 0 Å². The summed E-state index contributed by atoms with van der Waals surface area (Å²) in [5, 5.41) is 11.4. The monoisotopic (exact) mass is 280 g/mol. The maximum atomic E-state index is 11.6. The lowest BCUT2D eigenvalue weighted by Crippen LogP contribution is -2.25. The Bertz CT molecular complexity index is 392. The van der Waals surface area contributed by atoms with Crippen LogP contribution < -0.4 is 5.32 Å². The standard InChI is InChI=1S/C12H13BrN2O/c1-9(13)6-7-15-12(16)11-4-2-10(8-14)3-5-11/h2-5,9H,6-7H2,1H3,(H,15,16). The molecule has 16 heavy (non-hydrogen) atoms. The summed E-state index contributed by atoms with van der Waals surface area (Å²) in [6.07, 6.45) is 0.891. The predicted molar refractivity (Wildman–Crippen MR) is 66.5 cm³/mol. The highest BCUT2D eigenvalue weighted by Crippen LogP contribution is 2.04. The fourth-order valence-corrected chi connectivity index (χ4v) is 1.41. The van der Waals surface area contributed by atoms with E-state index in [4.69, 9.17) is 5.26 Å². The minimum Gasteiger partial charge on any atom is -0.352 e. The number of carbonyl (C=O) groups excluding carboxylic acids is 1.